The van der Waals surface area contributed by atoms with Crippen LogP contribution in [0.15, 0.2) is 277 Å². The van der Waals surface area contributed by atoms with Crippen molar-refractivity contribution >= 4 is 39.0 Å². The molecule has 2 nitrogen and oxygen atoms in total. The van der Waals surface area contributed by atoms with E-state index in [1.165, 1.54) is 55.6 Å². The molecule has 1 aliphatic carbocycles. The number of rotatable bonds is 9. The van der Waals surface area contributed by atoms with Gasteiger partial charge in [-0.2, -0.15) is 0 Å². The van der Waals surface area contributed by atoms with Crippen LogP contribution >= 0.6 is 0 Å². The van der Waals surface area contributed by atoms with E-state index < -0.39 is 5.41 Å². The van der Waals surface area contributed by atoms with Crippen LogP contribution in [-0.2, 0) is 5.41 Å². The molecule has 13 rings (SSSR count). The van der Waals surface area contributed by atoms with Crippen molar-refractivity contribution in [3.63, 3.8) is 0 Å². The quantitative estimate of drug-likeness (QED) is 0.144. The molecule has 0 fully saturated rings. The van der Waals surface area contributed by atoms with Crippen molar-refractivity contribution < 1.29 is 4.42 Å². The first kappa shape index (κ1) is 40.3. The van der Waals surface area contributed by atoms with Gasteiger partial charge in [-0.3, -0.25) is 0 Å². The lowest BCUT2D eigenvalue weighted by molar-refractivity contribution is 0.670. The van der Waals surface area contributed by atoms with E-state index in [2.05, 4.69) is 278 Å². The molecule has 0 spiro atoms. The Hall–Kier alpha value is -8.98. The van der Waals surface area contributed by atoms with E-state index in [1.807, 2.05) is 0 Å². The molecule has 0 atom stereocenters. The Bertz CT molecular complexity index is 3760. The molecule has 2 heteroatoms. The predicted octanol–water partition coefficient (Wildman–Crippen LogP) is 18.1. The number of anilines is 3. The molecule has 0 bridgehead atoms. The van der Waals surface area contributed by atoms with Crippen molar-refractivity contribution in [1.82, 2.24) is 0 Å². The summed E-state index contributed by atoms with van der Waals surface area (Å²) in [6, 6.07) is 99.2. The third-order valence-corrected chi connectivity index (χ3v) is 14.2. The van der Waals surface area contributed by atoms with Crippen molar-refractivity contribution in [1.29, 1.82) is 0 Å². The van der Waals surface area contributed by atoms with Gasteiger partial charge in [-0.25, -0.2) is 0 Å². The summed E-state index contributed by atoms with van der Waals surface area (Å²) in [6.07, 6.45) is 0. The van der Waals surface area contributed by atoms with Crippen LogP contribution < -0.4 is 4.90 Å². The van der Waals surface area contributed by atoms with E-state index in [-0.39, 0.29) is 0 Å². The SMILES string of the molecule is c1ccc(-c2ccc(N(c3ccc(-c4ccc5oc6c(-c7ccccc7)cccc6c5c4)cc3)c3ccc4c(c3)C(c3ccccc3)(c3ccccc3)c3ccccc3-4)cc2-c2ccccc2)cc1. The van der Waals surface area contributed by atoms with Crippen LogP contribution in [0.3, 0.4) is 0 Å². The van der Waals surface area contributed by atoms with Crippen LogP contribution in [0.4, 0.5) is 17.1 Å². The van der Waals surface area contributed by atoms with E-state index in [9.17, 15) is 0 Å². The van der Waals surface area contributed by atoms with Crippen molar-refractivity contribution in [3.05, 3.63) is 295 Å². The van der Waals surface area contributed by atoms with Gasteiger partial charge in [-0.1, -0.05) is 224 Å². The van der Waals surface area contributed by atoms with E-state index in [1.54, 1.807) is 0 Å². The molecule has 1 aromatic heterocycles. The van der Waals surface area contributed by atoms with Crippen LogP contribution in [0.5, 0.6) is 0 Å². The number of fused-ring (bicyclic) bond motifs is 6. The molecular weight excluding hydrogens is 835 g/mol. The maximum absolute atomic E-state index is 6.57. The number of hydrogen-bond donors (Lipinski definition) is 0. The summed E-state index contributed by atoms with van der Waals surface area (Å²) in [6.45, 7) is 0. The van der Waals surface area contributed by atoms with Gasteiger partial charge in [0.15, 0.2) is 0 Å². The average molecular weight is 880 g/mol. The first-order valence-corrected chi connectivity index (χ1v) is 23.7. The molecule has 11 aromatic carbocycles. The molecule has 0 unspecified atom stereocenters. The molecule has 0 saturated heterocycles. The highest BCUT2D eigenvalue weighted by molar-refractivity contribution is 6.10. The molecule has 324 valence electrons. The summed E-state index contributed by atoms with van der Waals surface area (Å²) in [5.74, 6) is 0. The third-order valence-electron chi connectivity index (χ3n) is 14.2. The number of hydrogen-bond acceptors (Lipinski definition) is 2. The molecule has 69 heavy (non-hydrogen) atoms. The summed E-state index contributed by atoms with van der Waals surface area (Å²) < 4.78 is 6.57. The zero-order valence-corrected chi connectivity index (χ0v) is 37.8. The summed E-state index contributed by atoms with van der Waals surface area (Å²) in [7, 11) is 0. The van der Waals surface area contributed by atoms with Gasteiger partial charge >= 0.3 is 0 Å². The van der Waals surface area contributed by atoms with Crippen LogP contribution in [0, 0.1) is 0 Å². The summed E-state index contributed by atoms with van der Waals surface area (Å²) >= 11 is 0. The topological polar surface area (TPSA) is 16.4 Å². The van der Waals surface area contributed by atoms with Gasteiger partial charge in [-0.15, -0.1) is 0 Å². The smallest absolute Gasteiger partial charge is 0.143 e. The van der Waals surface area contributed by atoms with Gasteiger partial charge in [0, 0.05) is 33.4 Å². The minimum absolute atomic E-state index is 0.538. The first-order valence-electron chi connectivity index (χ1n) is 23.7. The Labute approximate surface area is 402 Å². The maximum Gasteiger partial charge on any atom is 0.143 e. The van der Waals surface area contributed by atoms with Gasteiger partial charge < -0.3 is 9.32 Å². The monoisotopic (exact) mass is 879 g/mol. The minimum Gasteiger partial charge on any atom is -0.455 e. The fraction of sp³-hybridized carbons (Fsp3) is 0.0149. The summed E-state index contributed by atoms with van der Waals surface area (Å²) in [5.41, 5.74) is 21.3. The number of nitrogens with zero attached hydrogens (tertiary/aromatic N) is 1. The number of benzene rings is 11. The molecular formula is C67H45NO. The van der Waals surface area contributed by atoms with E-state index in [0.29, 0.717) is 0 Å². The Morgan fingerprint density at radius 1 is 0.275 bits per heavy atom. The Balaban J connectivity index is 0.996. The van der Waals surface area contributed by atoms with Crippen LogP contribution in [0.1, 0.15) is 22.3 Å². The van der Waals surface area contributed by atoms with Crippen molar-refractivity contribution in [2.75, 3.05) is 4.90 Å². The normalized spacial score (nSPS) is 12.5. The fourth-order valence-corrected chi connectivity index (χ4v) is 11.0. The standard InChI is InChI=1S/C67H45NO/c1-6-19-47(20-7-1)56-40-38-54(44-61(56)49-23-10-3-11-24-49)68(53-36-33-46(34-37-53)50-35-42-65-62(43-50)60-31-18-30-57(66(60)69-65)48-21-8-2-9-22-48)55-39-41-59-58-29-16-17-32-63(58)67(64(59)45-55,51-25-12-4-13-26-51)52-27-14-5-15-28-52/h1-45H. The Morgan fingerprint density at radius 3 is 1.42 bits per heavy atom. The molecule has 0 aliphatic heterocycles. The van der Waals surface area contributed by atoms with E-state index in [0.717, 1.165) is 61.3 Å². The lowest BCUT2D eigenvalue weighted by atomic mass is 9.67. The maximum atomic E-state index is 6.57. The van der Waals surface area contributed by atoms with E-state index in [4.69, 9.17) is 4.42 Å². The van der Waals surface area contributed by atoms with Crippen molar-refractivity contribution in [3.8, 4) is 55.6 Å². The highest BCUT2D eigenvalue weighted by atomic mass is 16.3. The number of para-hydroxylation sites is 1. The largest absolute Gasteiger partial charge is 0.455 e. The zero-order chi connectivity index (χ0) is 45.7. The van der Waals surface area contributed by atoms with Gasteiger partial charge in [-0.05, 0) is 121 Å². The van der Waals surface area contributed by atoms with E-state index >= 15 is 0 Å². The fourth-order valence-electron chi connectivity index (χ4n) is 11.0. The zero-order valence-electron chi connectivity index (χ0n) is 37.8. The highest BCUT2D eigenvalue weighted by Gasteiger charge is 2.46. The second-order valence-corrected chi connectivity index (χ2v) is 18.0. The molecule has 1 aliphatic rings. The second-order valence-electron chi connectivity index (χ2n) is 18.0. The Morgan fingerprint density at radius 2 is 0.768 bits per heavy atom. The molecule has 1 heterocycles. The van der Waals surface area contributed by atoms with Gasteiger partial charge in [0.2, 0.25) is 0 Å². The van der Waals surface area contributed by atoms with Gasteiger partial charge in [0.1, 0.15) is 11.2 Å². The van der Waals surface area contributed by atoms with Crippen LogP contribution in [-0.4, -0.2) is 0 Å². The lowest BCUT2D eigenvalue weighted by Crippen LogP contribution is -2.28. The molecule has 12 aromatic rings. The third kappa shape index (κ3) is 6.72. The minimum atomic E-state index is -0.538. The Kier molecular flexibility index (Phi) is 9.77. The second kappa shape index (κ2) is 16.7. The molecule has 0 radical (unpaired) electrons. The average Bonchev–Trinajstić information content (AvgIpc) is 3.96. The van der Waals surface area contributed by atoms with Gasteiger partial charge in [0.05, 0.1) is 5.41 Å². The summed E-state index contributed by atoms with van der Waals surface area (Å²) in [4.78, 5) is 2.44. The molecule has 0 N–H and O–H groups in total. The molecule has 0 saturated carbocycles. The van der Waals surface area contributed by atoms with Crippen LogP contribution in [0.2, 0.25) is 0 Å². The summed E-state index contributed by atoms with van der Waals surface area (Å²) in [5, 5.41) is 2.22. The number of furan rings is 1. The van der Waals surface area contributed by atoms with Crippen LogP contribution in [0.25, 0.3) is 77.6 Å². The predicted molar refractivity (Wildman–Crippen MR) is 287 cm³/mol. The highest BCUT2D eigenvalue weighted by Crippen LogP contribution is 2.57. The van der Waals surface area contributed by atoms with Gasteiger partial charge in [0.25, 0.3) is 0 Å². The lowest BCUT2D eigenvalue weighted by Gasteiger charge is -2.35. The van der Waals surface area contributed by atoms with Crippen molar-refractivity contribution in [2.45, 2.75) is 5.41 Å². The van der Waals surface area contributed by atoms with Crippen molar-refractivity contribution in [2.24, 2.45) is 0 Å². The first-order chi connectivity index (χ1) is 34.2. The molecule has 0 amide bonds.